The molecule has 7 atom stereocenters. The first-order chi connectivity index (χ1) is 32.0. The van der Waals surface area contributed by atoms with Crippen molar-refractivity contribution in [2.75, 3.05) is 67.5 Å². The van der Waals surface area contributed by atoms with E-state index in [9.17, 15) is 24.3 Å². The van der Waals surface area contributed by atoms with Gasteiger partial charge in [0.2, 0.25) is 11.8 Å². The van der Waals surface area contributed by atoms with Gasteiger partial charge in [0.15, 0.2) is 0 Å². The van der Waals surface area contributed by atoms with Crippen LogP contribution in [0.4, 0.5) is 17.1 Å². The van der Waals surface area contributed by atoms with Gasteiger partial charge in [-0.15, -0.1) is 0 Å². The minimum Gasteiger partial charge on any atom is -0.389 e. The number of nitrogens with one attached hydrogen (secondary N) is 5. The second-order valence-corrected chi connectivity index (χ2v) is 20.6. The summed E-state index contributed by atoms with van der Waals surface area (Å²) in [6, 6.07) is 14.6. The first kappa shape index (κ1) is 43.6. The summed E-state index contributed by atoms with van der Waals surface area (Å²) in [6.07, 6.45) is 16.0. The van der Waals surface area contributed by atoms with Crippen LogP contribution in [-0.2, 0) is 14.4 Å². The Bertz CT molecular complexity index is 2410. The number of allylic oxidation sites excluding steroid dienone is 1. The molecular weight excluding hydrogens is 837 g/mol. The van der Waals surface area contributed by atoms with Crippen molar-refractivity contribution in [2.24, 2.45) is 11.3 Å². The number of amides is 3. The summed E-state index contributed by atoms with van der Waals surface area (Å²) in [5, 5.41) is 38.2. The van der Waals surface area contributed by atoms with Gasteiger partial charge in [-0.2, -0.15) is 10.1 Å². The van der Waals surface area contributed by atoms with Crippen molar-refractivity contribution < 1.29 is 19.5 Å². The van der Waals surface area contributed by atoms with Gasteiger partial charge in [-0.25, -0.2) is 4.68 Å². The number of likely N-dealkylation sites (tertiary alicyclic amines) is 1. The first-order valence-corrected chi connectivity index (χ1v) is 24.7. The molecule has 0 saturated carbocycles. The Balaban J connectivity index is 0.666. The minimum absolute atomic E-state index is 0.0209. The molecule has 0 aliphatic carbocycles. The maximum atomic E-state index is 13.8. The average Bonchev–Trinajstić information content (AvgIpc) is 3.86. The zero-order chi connectivity index (χ0) is 45.2. The summed E-state index contributed by atoms with van der Waals surface area (Å²) >= 11 is 0. The largest absolute Gasteiger partial charge is 0.389 e. The highest BCUT2D eigenvalue weighted by atomic mass is 16.3. The van der Waals surface area contributed by atoms with Crippen LogP contribution in [0.2, 0.25) is 0 Å². The van der Waals surface area contributed by atoms with Crippen molar-refractivity contribution in [2.45, 2.75) is 126 Å². The molecule has 7 fully saturated rings. The monoisotopic (exact) mass is 903 g/mol. The van der Waals surface area contributed by atoms with Crippen molar-refractivity contribution in [3.05, 3.63) is 71.2 Å². The van der Waals surface area contributed by atoms with Crippen LogP contribution in [0.3, 0.4) is 0 Å². The van der Waals surface area contributed by atoms with E-state index in [-0.39, 0.29) is 60.8 Å². The topological polar surface area (TPSA) is 183 Å². The second-order valence-electron chi connectivity index (χ2n) is 20.6. The lowest BCUT2D eigenvalue weighted by atomic mass is 9.77. The highest BCUT2D eigenvalue weighted by Gasteiger charge is 2.53. The number of aromatic nitrogens is 2. The van der Waals surface area contributed by atoms with Gasteiger partial charge in [0.1, 0.15) is 12.3 Å². The van der Waals surface area contributed by atoms with Gasteiger partial charge in [0, 0.05) is 80.2 Å². The summed E-state index contributed by atoms with van der Waals surface area (Å²) in [7, 11) is 0. The first-order valence-electron chi connectivity index (χ1n) is 24.7. The smallest absolute Gasteiger partial charge is 0.275 e. The van der Waals surface area contributed by atoms with Crippen LogP contribution in [-0.4, -0.2) is 136 Å². The Morgan fingerprint density at radius 3 is 2.41 bits per heavy atom. The molecule has 7 saturated heterocycles. The Morgan fingerprint density at radius 2 is 1.61 bits per heavy atom. The summed E-state index contributed by atoms with van der Waals surface area (Å²) < 4.78 is 1.24. The van der Waals surface area contributed by atoms with Gasteiger partial charge < -0.3 is 20.2 Å². The van der Waals surface area contributed by atoms with E-state index in [0.717, 1.165) is 107 Å². The molecule has 1 aromatic heterocycles. The van der Waals surface area contributed by atoms with Gasteiger partial charge in [-0.3, -0.25) is 50.4 Å². The normalized spacial score (nSPS) is 32.8. The molecule has 11 rings (SSSR count). The number of carbonyl (C=O) groups excluding carboxylic acids is 3. The SMILES string of the molecule is C[C@@]1(O)CC/C=C\CN2C(=O)C3CNC(Nc4ccc(N5CCC(N6CCC7(CCN(c8ccc9cnn(C%10CCC(=O)NC%10=O)c(=O)c9c8)CC7)C6)CC5)cc4)NC3N2C2CCCC1N2. The number of anilines is 3. The third-order valence-electron chi connectivity index (χ3n) is 16.6. The molecule has 66 heavy (non-hydrogen) atoms. The molecule has 2 aromatic carbocycles. The molecule has 352 valence electrons. The van der Waals surface area contributed by atoms with Crippen molar-refractivity contribution in [3.63, 3.8) is 0 Å². The van der Waals surface area contributed by atoms with E-state index in [4.69, 9.17) is 0 Å². The molecule has 3 amide bonds. The number of fused-ring (bicyclic) bond motifs is 7. The maximum absolute atomic E-state index is 13.8. The lowest BCUT2D eigenvalue weighted by Gasteiger charge is -2.47. The van der Waals surface area contributed by atoms with Gasteiger partial charge in [-0.1, -0.05) is 18.2 Å². The van der Waals surface area contributed by atoms with E-state index in [1.165, 1.54) is 16.8 Å². The average molecular weight is 903 g/mol. The number of imide groups is 1. The van der Waals surface area contributed by atoms with Crippen LogP contribution in [0.1, 0.15) is 90.0 Å². The molecule has 9 heterocycles. The molecular formula is C49H66N12O5. The number of hydrogen-bond donors (Lipinski definition) is 6. The fourth-order valence-electron chi connectivity index (χ4n) is 12.6. The van der Waals surface area contributed by atoms with E-state index in [0.29, 0.717) is 36.4 Å². The molecule has 2 bridgehead atoms. The quantitative estimate of drug-likeness (QED) is 0.157. The lowest BCUT2D eigenvalue weighted by molar-refractivity contribution is -0.146. The zero-order valence-electron chi connectivity index (χ0n) is 38.2. The fraction of sp³-hybridized carbons (Fsp3) is 0.612. The van der Waals surface area contributed by atoms with Crippen LogP contribution in [0.15, 0.2) is 65.6 Å². The van der Waals surface area contributed by atoms with Gasteiger partial charge >= 0.3 is 0 Å². The summed E-state index contributed by atoms with van der Waals surface area (Å²) in [5.74, 6) is -0.850. The third-order valence-corrected chi connectivity index (χ3v) is 16.6. The molecule has 17 nitrogen and oxygen atoms in total. The highest BCUT2D eigenvalue weighted by Crippen LogP contribution is 2.43. The Labute approximate surface area is 386 Å². The van der Waals surface area contributed by atoms with Gasteiger partial charge in [-0.05, 0) is 126 Å². The summed E-state index contributed by atoms with van der Waals surface area (Å²) in [4.78, 5) is 59.3. The highest BCUT2D eigenvalue weighted by molar-refractivity contribution is 5.99. The zero-order valence-corrected chi connectivity index (χ0v) is 38.2. The van der Waals surface area contributed by atoms with Crippen LogP contribution >= 0.6 is 0 Å². The lowest BCUT2D eigenvalue weighted by Crippen LogP contribution is -2.69. The molecule has 8 aliphatic rings. The predicted octanol–water partition coefficient (Wildman–Crippen LogP) is 2.79. The van der Waals surface area contributed by atoms with E-state index in [1.807, 2.05) is 24.1 Å². The number of rotatable bonds is 6. The van der Waals surface area contributed by atoms with Crippen LogP contribution in [0, 0.1) is 11.3 Å². The third kappa shape index (κ3) is 8.29. The number of nitrogens with zero attached hydrogens (tertiary/aromatic N) is 7. The van der Waals surface area contributed by atoms with Crippen LogP contribution in [0.5, 0.6) is 0 Å². The Morgan fingerprint density at radius 1 is 0.833 bits per heavy atom. The molecule has 17 heteroatoms. The molecule has 6 unspecified atom stereocenters. The maximum Gasteiger partial charge on any atom is 0.275 e. The number of aliphatic hydroxyl groups is 1. The van der Waals surface area contributed by atoms with E-state index in [1.54, 1.807) is 6.20 Å². The molecule has 6 N–H and O–H groups in total. The Kier molecular flexibility index (Phi) is 11.7. The minimum atomic E-state index is -0.809. The van der Waals surface area contributed by atoms with Crippen molar-refractivity contribution in [3.8, 4) is 0 Å². The fourth-order valence-corrected chi connectivity index (χ4v) is 12.6. The number of piperidine rings is 4. The second kappa shape index (κ2) is 17.6. The summed E-state index contributed by atoms with van der Waals surface area (Å²) in [6.45, 7) is 9.32. The number of carbonyl (C=O) groups is 3. The van der Waals surface area contributed by atoms with Crippen molar-refractivity contribution in [1.82, 2.24) is 46.0 Å². The number of hydrazine groups is 1. The van der Waals surface area contributed by atoms with Crippen molar-refractivity contribution >= 4 is 45.6 Å². The van der Waals surface area contributed by atoms with Gasteiger partial charge in [0.25, 0.3) is 11.5 Å². The molecule has 8 aliphatic heterocycles. The van der Waals surface area contributed by atoms with Gasteiger partial charge in [0.05, 0.1) is 42.0 Å². The van der Waals surface area contributed by atoms with E-state index >= 15 is 0 Å². The molecule has 0 radical (unpaired) electrons. The van der Waals surface area contributed by atoms with E-state index in [2.05, 4.69) is 93.9 Å². The molecule has 3 aromatic rings. The van der Waals surface area contributed by atoms with Crippen LogP contribution in [0.25, 0.3) is 10.8 Å². The summed E-state index contributed by atoms with van der Waals surface area (Å²) in [5.41, 5.74) is 2.51. The molecule has 1 spiro atoms. The van der Waals surface area contributed by atoms with Crippen molar-refractivity contribution in [1.29, 1.82) is 0 Å². The number of hydrogen-bond acceptors (Lipinski definition) is 14. The van der Waals surface area contributed by atoms with Crippen LogP contribution < -0.4 is 41.9 Å². The number of benzene rings is 2. The standard InChI is InChI=1S/C49H66N12O5/c1-48(66)18-3-2-4-22-59-45(64)38-30-50-47(55-43(38)61(59)41-7-5-6-40(48)53-41)52-33-9-12-34(13-10-33)56-23-16-35(17-24-56)58-27-21-49(31-58)19-25-57(26-20-49)36-11-8-32-29-51-60(46(65)37(32)28-36)39-14-15-42(62)54-44(39)63/h2,4,8-13,28-29,35,38-41,43,47,50,52-53,55,66H,3,5-7,14-27,30-31H2,1H3,(H,54,62,63)/b4-2-/t38?,39?,40?,41?,43?,47?,48-/m1/s1. The Hall–Kier alpha value is -4.91. The predicted molar refractivity (Wildman–Crippen MR) is 252 cm³/mol. The van der Waals surface area contributed by atoms with E-state index < -0.39 is 17.6 Å².